The Kier molecular flexibility index (Phi) is 2.77. The van der Waals surface area contributed by atoms with Gasteiger partial charge < -0.3 is 9.47 Å². The molecule has 3 nitrogen and oxygen atoms in total. The van der Waals surface area contributed by atoms with Crippen molar-refractivity contribution in [1.82, 2.24) is 0 Å². The normalized spacial score (nSPS) is 41.0. The first kappa shape index (κ1) is 9.97. The van der Waals surface area contributed by atoms with Gasteiger partial charge in [0.15, 0.2) is 0 Å². The number of methoxy groups -OCH3 is 2. The first-order valence-corrected chi connectivity index (χ1v) is 5.37. The number of hydrogen-bond donors (Lipinski definition) is 0. The minimum atomic E-state index is -0.0192. The maximum Gasteiger partial charge on any atom is 0.308 e. The van der Waals surface area contributed by atoms with Gasteiger partial charge in [-0.2, -0.15) is 0 Å². The third kappa shape index (κ3) is 1.54. The van der Waals surface area contributed by atoms with E-state index in [1.807, 2.05) is 0 Å². The van der Waals surface area contributed by atoms with Crippen LogP contribution in [0.25, 0.3) is 0 Å². The zero-order valence-corrected chi connectivity index (χ0v) is 8.86. The minimum absolute atomic E-state index is 0.0192. The van der Waals surface area contributed by atoms with Gasteiger partial charge in [-0.15, -0.1) is 0 Å². The van der Waals surface area contributed by atoms with Crippen molar-refractivity contribution in [3.8, 4) is 0 Å². The second-order valence-corrected chi connectivity index (χ2v) is 4.47. The Morgan fingerprint density at radius 1 is 1.14 bits per heavy atom. The summed E-state index contributed by atoms with van der Waals surface area (Å²) < 4.78 is 10.3. The first-order valence-electron chi connectivity index (χ1n) is 5.37. The highest BCUT2D eigenvalue weighted by Gasteiger charge is 2.45. The zero-order valence-electron chi connectivity index (χ0n) is 8.86. The second kappa shape index (κ2) is 3.89. The van der Waals surface area contributed by atoms with E-state index >= 15 is 0 Å². The van der Waals surface area contributed by atoms with Crippen LogP contribution >= 0.6 is 0 Å². The molecule has 0 aromatic rings. The molecule has 4 atom stereocenters. The van der Waals surface area contributed by atoms with Gasteiger partial charge in [-0.05, 0) is 37.5 Å². The molecule has 0 aromatic heterocycles. The molecular weight excluding hydrogens is 180 g/mol. The minimum Gasteiger partial charge on any atom is -0.469 e. The molecule has 0 aliphatic heterocycles. The van der Waals surface area contributed by atoms with E-state index < -0.39 is 0 Å². The Balaban J connectivity index is 2.04. The van der Waals surface area contributed by atoms with E-state index in [1.54, 1.807) is 7.11 Å². The molecule has 3 aliphatic carbocycles. The molecule has 14 heavy (non-hydrogen) atoms. The predicted octanol–water partition coefficient (Wildman–Crippen LogP) is 1.61. The molecule has 0 radical (unpaired) electrons. The SMILES string of the molecule is COC(=O)[C@@H]1C[C@H]2CC[C@H]1C[C@H]2OC. The summed E-state index contributed by atoms with van der Waals surface area (Å²) in [4.78, 5) is 11.5. The summed E-state index contributed by atoms with van der Waals surface area (Å²) in [5.41, 5.74) is 0. The molecule has 80 valence electrons. The van der Waals surface area contributed by atoms with E-state index in [-0.39, 0.29) is 11.9 Å². The van der Waals surface area contributed by atoms with Gasteiger partial charge in [0.1, 0.15) is 0 Å². The van der Waals surface area contributed by atoms with E-state index in [0.717, 1.165) is 12.8 Å². The van der Waals surface area contributed by atoms with Gasteiger partial charge in [0.2, 0.25) is 0 Å². The summed E-state index contributed by atoms with van der Waals surface area (Å²) in [5.74, 6) is 1.20. The van der Waals surface area contributed by atoms with Gasteiger partial charge in [0.05, 0.1) is 19.1 Å². The fourth-order valence-electron chi connectivity index (χ4n) is 3.11. The second-order valence-electron chi connectivity index (χ2n) is 4.47. The van der Waals surface area contributed by atoms with Crippen LogP contribution in [0, 0.1) is 17.8 Å². The average Bonchev–Trinajstić information content (AvgIpc) is 2.28. The van der Waals surface area contributed by atoms with Crippen molar-refractivity contribution in [2.45, 2.75) is 31.8 Å². The van der Waals surface area contributed by atoms with Crippen molar-refractivity contribution in [1.29, 1.82) is 0 Å². The van der Waals surface area contributed by atoms with Crippen molar-refractivity contribution in [3.05, 3.63) is 0 Å². The Labute approximate surface area is 84.8 Å². The monoisotopic (exact) mass is 198 g/mol. The van der Waals surface area contributed by atoms with Crippen molar-refractivity contribution >= 4 is 5.97 Å². The summed E-state index contributed by atoms with van der Waals surface area (Å²) in [7, 11) is 3.26. The third-order valence-corrected chi connectivity index (χ3v) is 3.90. The first-order chi connectivity index (χ1) is 6.76. The van der Waals surface area contributed by atoms with Crippen LogP contribution < -0.4 is 0 Å². The summed E-state index contributed by atoms with van der Waals surface area (Å²) >= 11 is 0. The van der Waals surface area contributed by atoms with Gasteiger partial charge in [-0.3, -0.25) is 4.79 Å². The predicted molar refractivity (Wildman–Crippen MR) is 51.8 cm³/mol. The van der Waals surface area contributed by atoms with Gasteiger partial charge in [0, 0.05) is 7.11 Å². The zero-order chi connectivity index (χ0) is 10.1. The van der Waals surface area contributed by atoms with Crippen LogP contribution in [0.3, 0.4) is 0 Å². The van der Waals surface area contributed by atoms with Crippen LogP contribution in [0.2, 0.25) is 0 Å². The number of hydrogen-bond acceptors (Lipinski definition) is 3. The Bertz CT molecular complexity index is 227. The lowest BCUT2D eigenvalue weighted by Crippen LogP contribution is -2.44. The molecule has 0 heterocycles. The fraction of sp³-hybridized carbons (Fsp3) is 0.909. The van der Waals surface area contributed by atoms with Crippen molar-refractivity contribution in [2.24, 2.45) is 17.8 Å². The molecule has 0 spiro atoms. The molecule has 3 saturated carbocycles. The summed E-state index contributed by atoms with van der Waals surface area (Å²) in [6.45, 7) is 0. The van der Waals surface area contributed by atoms with Crippen LogP contribution in [0.1, 0.15) is 25.7 Å². The summed E-state index contributed by atoms with van der Waals surface area (Å²) in [6.07, 6.45) is 4.78. The van der Waals surface area contributed by atoms with Crippen LogP contribution in [-0.2, 0) is 14.3 Å². The van der Waals surface area contributed by atoms with Gasteiger partial charge in [-0.1, -0.05) is 0 Å². The van der Waals surface area contributed by atoms with Crippen LogP contribution in [-0.4, -0.2) is 26.3 Å². The summed E-state index contributed by atoms with van der Waals surface area (Å²) in [5, 5.41) is 0. The number of esters is 1. The molecule has 0 saturated heterocycles. The molecule has 2 bridgehead atoms. The quantitative estimate of drug-likeness (QED) is 0.632. The number of fused-ring (bicyclic) bond motifs is 3. The van der Waals surface area contributed by atoms with E-state index in [1.165, 1.54) is 20.0 Å². The highest BCUT2D eigenvalue weighted by molar-refractivity contribution is 5.73. The van der Waals surface area contributed by atoms with Crippen molar-refractivity contribution < 1.29 is 14.3 Å². The Hall–Kier alpha value is -0.570. The smallest absolute Gasteiger partial charge is 0.308 e. The van der Waals surface area contributed by atoms with Gasteiger partial charge in [-0.25, -0.2) is 0 Å². The molecular formula is C11H18O3. The van der Waals surface area contributed by atoms with Gasteiger partial charge >= 0.3 is 5.97 Å². The van der Waals surface area contributed by atoms with Crippen molar-refractivity contribution in [3.63, 3.8) is 0 Å². The molecule has 3 fully saturated rings. The lowest BCUT2D eigenvalue weighted by Gasteiger charge is -2.45. The molecule has 0 unspecified atom stereocenters. The molecule has 3 heteroatoms. The highest BCUT2D eigenvalue weighted by atomic mass is 16.5. The molecule has 0 amide bonds. The molecule has 3 aliphatic rings. The van der Waals surface area contributed by atoms with E-state index in [2.05, 4.69) is 0 Å². The number of carbonyl (C=O) groups excluding carboxylic acids is 1. The Morgan fingerprint density at radius 2 is 1.86 bits per heavy atom. The molecule has 0 N–H and O–H groups in total. The number of ether oxygens (including phenoxy) is 2. The standard InChI is InChI=1S/C11H18O3/c1-13-10-6-7-3-4-8(10)5-9(7)11(12)14-2/h7-10H,3-6H2,1-2H3/t7-,8+,9+,10+/m0/s1. The number of carbonyl (C=O) groups is 1. The van der Waals surface area contributed by atoms with Crippen LogP contribution in [0.5, 0.6) is 0 Å². The fourth-order valence-corrected chi connectivity index (χ4v) is 3.11. The summed E-state index contributed by atoms with van der Waals surface area (Å²) in [6, 6.07) is 0. The maximum absolute atomic E-state index is 11.5. The largest absolute Gasteiger partial charge is 0.469 e. The number of rotatable bonds is 2. The van der Waals surface area contributed by atoms with E-state index in [9.17, 15) is 4.79 Å². The lowest BCUT2D eigenvalue weighted by molar-refractivity contribution is -0.155. The highest BCUT2D eigenvalue weighted by Crippen LogP contribution is 2.46. The van der Waals surface area contributed by atoms with E-state index in [0.29, 0.717) is 17.9 Å². The van der Waals surface area contributed by atoms with E-state index in [4.69, 9.17) is 9.47 Å². The molecule has 0 aromatic carbocycles. The van der Waals surface area contributed by atoms with Crippen LogP contribution in [0.15, 0.2) is 0 Å². The van der Waals surface area contributed by atoms with Crippen LogP contribution in [0.4, 0.5) is 0 Å². The lowest BCUT2D eigenvalue weighted by atomic mass is 9.63. The Morgan fingerprint density at radius 3 is 2.36 bits per heavy atom. The maximum atomic E-state index is 11.5. The average molecular weight is 198 g/mol. The van der Waals surface area contributed by atoms with Crippen molar-refractivity contribution in [2.75, 3.05) is 14.2 Å². The topological polar surface area (TPSA) is 35.5 Å². The van der Waals surface area contributed by atoms with Gasteiger partial charge in [0.25, 0.3) is 0 Å². The molecule has 3 rings (SSSR count). The third-order valence-electron chi connectivity index (χ3n) is 3.90.